The highest BCUT2D eigenvalue weighted by atomic mass is 19.1. The fourth-order valence-corrected chi connectivity index (χ4v) is 1.59. The predicted octanol–water partition coefficient (Wildman–Crippen LogP) is 1.60. The van der Waals surface area contributed by atoms with Gasteiger partial charge in [-0.3, -0.25) is 0 Å². The van der Waals surface area contributed by atoms with Gasteiger partial charge in [0.05, 0.1) is 11.7 Å². The zero-order chi connectivity index (χ0) is 13.7. The Morgan fingerprint density at radius 3 is 2.28 bits per heavy atom. The summed E-state index contributed by atoms with van der Waals surface area (Å²) in [5, 5.41) is 21.7. The monoisotopic (exact) mass is 259 g/mol. The molecule has 0 fully saturated rings. The SMILES string of the molecule is CC(CO)C(C)NCC(O)c1c(F)cccc1F. The second-order valence-electron chi connectivity index (χ2n) is 4.51. The van der Waals surface area contributed by atoms with Gasteiger partial charge >= 0.3 is 0 Å². The van der Waals surface area contributed by atoms with Crippen molar-refractivity contribution in [2.45, 2.75) is 26.0 Å². The molecule has 0 heterocycles. The lowest BCUT2D eigenvalue weighted by molar-refractivity contribution is 0.148. The van der Waals surface area contributed by atoms with Gasteiger partial charge in [0, 0.05) is 19.2 Å². The summed E-state index contributed by atoms with van der Waals surface area (Å²) in [6.07, 6.45) is -1.25. The first-order valence-corrected chi connectivity index (χ1v) is 5.93. The Hall–Kier alpha value is -1.04. The lowest BCUT2D eigenvalue weighted by Gasteiger charge is -2.21. The van der Waals surface area contributed by atoms with Crippen molar-refractivity contribution in [3.63, 3.8) is 0 Å². The van der Waals surface area contributed by atoms with Crippen LogP contribution in [0.5, 0.6) is 0 Å². The molecular weight excluding hydrogens is 240 g/mol. The standard InChI is InChI=1S/C13H19F2NO2/c1-8(7-17)9(2)16-6-12(18)13-10(14)4-3-5-11(13)15/h3-5,8-9,12,16-18H,6-7H2,1-2H3. The summed E-state index contributed by atoms with van der Waals surface area (Å²) in [6, 6.07) is 3.42. The fraction of sp³-hybridized carbons (Fsp3) is 0.538. The van der Waals surface area contributed by atoms with E-state index in [0.717, 1.165) is 12.1 Å². The maximum absolute atomic E-state index is 13.4. The lowest BCUT2D eigenvalue weighted by Crippen LogP contribution is -2.36. The van der Waals surface area contributed by atoms with E-state index in [9.17, 15) is 13.9 Å². The van der Waals surface area contributed by atoms with Crippen LogP contribution in [0.2, 0.25) is 0 Å². The molecule has 1 aromatic rings. The molecule has 0 radical (unpaired) electrons. The molecule has 0 amide bonds. The van der Waals surface area contributed by atoms with E-state index in [1.165, 1.54) is 6.07 Å². The normalized spacial score (nSPS) is 16.3. The Morgan fingerprint density at radius 2 is 1.78 bits per heavy atom. The summed E-state index contributed by atoms with van der Waals surface area (Å²) in [5.41, 5.74) is -0.325. The third-order valence-corrected chi connectivity index (χ3v) is 3.11. The van der Waals surface area contributed by atoms with Crippen LogP contribution in [-0.2, 0) is 0 Å². The smallest absolute Gasteiger partial charge is 0.131 e. The third-order valence-electron chi connectivity index (χ3n) is 3.11. The van der Waals surface area contributed by atoms with E-state index >= 15 is 0 Å². The van der Waals surface area contributed by atoms with Gasteiger partial charge in [0.15, 0.2) is 0 Å². The fourth-order valence-electron chi connectivity index (χ4n) is 1.59. The summed E-state index contributed by atoms with van der Waals surface area (Å²) in [6.45, 7) is 3.72. The van der Waals surface area contributed by atoms with E-state index in [2.05, 4.69) is 5.32 Å². The van der Waals surface area contributed by atoms with Crippen molar-refractivity contribution in [3.05, 3.63) is 35.4 Å². The number of halogens is 2. The van der Waals surface area contributed by atoms with E-state index in [-0.39, 0.29) is 30.7 Å². The van der Waals surface area contributed by atoms with Crippen molar-refractivity contribution in [2.75, 3.05) is 13.2 Å². The first-order chi connectivity index (χ1) is 8.47. The summed E-state index contributed by atoms with van der Waals surface area (Å²) in [7, 11) is 0. The van der Waals surface area contributed by atoms with Gasteiger partial charge in [-0.2, -0.15) is 0 Å². The number of rotatable bonds is 6. The minimum atomic E-state index is -1.25. The Balaban J connectivity index is 2.63. The van der Waals surface area contributed by atoms with Gasteiger partial charge in [-0.1, -0.05) is 13.0 Å². The Morgan fingerprint density at radius 1 is 1.22 bits per heavy atom. The van der Waals surface area contributed by atoms with E-state index in [0.29, 0.717) is 0 Å². The molecule has 5 heteroatoms. The topological polar surface area (TPSA) is 52.5 Å². The summed E-state index contributed by atoms with van der Waals surface area (Å²) in [5.74, 6) is -1.51. The Bertz CT molecular complexity index is 367. The molecule has 3 nitrogen and oxygen atoms in total. The average Bonchev–Trinajstić information content (AvgIpc) is 2.34. The van der Waals surface area contributed by atoms with Crippen LogP contribution in [0.15, 0.2) is 18.2 Å². The average molecular weight is 259 g/mol. The van der Waals surface area contributed by atoms with Gasteiger partial charge in [0.2, 0.25) is 0 Å². The van der Waals surface area contributed by atoms with Crippen LogP contribution in [0.25, 0.3) is 0 Å². The Kier molecular flexibility index (Phi) is 5.65. The summed E-state index contributed by atoms with van der Waals surface area (Å²) < 4.78 is 26.8. The maximum atomic E-state index is 13.4. The number of nitrogens with one attached hydrogen (secondary N) is 1. The summed E-state index contributed by atoms with van der Waals surface area (Å²) >= 11 is 0. The molecule has 0 aromatic heterocycles. The molecule has 0 saturated carbocycles. The summed E-state index contributed by atoms with van der Waals surface area (Å²) in [4.78, 5) is 0. The molecule has 0 aliphatic heterocycles. The first-order valence-electron chi connectivity index (χ1n) is 5.93. The van der Waals surface area contributed by atoms with Crippen LogP contribution in [-0.4, -0.2) is 29.4 Å². The molecule has 0 saturated heterocycles. The highest BCUT2D eigenvalue weighted by Gasteiger charge is 2.19. The zero-order valence-corrected chi connectivity index (χ0v) is 10.5. The van der Waals surface area contributed by atoms with Crippen LogP contribution < -0.4 is 5.32 Å². The van der Waals surface area contributed by atoms with Crippen LogP contribution >= 0.6 is 0 Å². The number of benzene rings is 1. The van der Waals surface area contributed by atoms with Gasteiger partial charge in [0.1, 0.15) is 11.6 Å². The Labute approximate surface area is 105 Å². The largest absolute Gasteiger partial charge is 0.396 e. The van der Waals surface area contributed by atoms with Gasteiger partial charge in [-0.05, 0) is 25.0 Å². The molecule has 102 valence electrons. The molecular formula is C13H19F2NO2. The van der Waals surface area contributed by atoms with Crippen molar-refractivity contribution in [1.29, 1.82) is 0 Å². The second-order valence-corrected chi connectivity index (χ2v) is 4.51. The van der Waals surface area contributed by atoms with Crippen molar-refractivity contribution in [2.24, 2.45) is 5.92 Å². The predicted molar refractivity (Wildman–Crippen MR) is 65.0 cm³/mol. The van der Waals surface area contributed by atoms with Crippen LogP contribution in [0, 0.1) is 17.6 Å². The minimum absolute atomic E-state index is 0.00247. The molecule has 3 N–H and O–H groups in total. The number of hydrogen-bond donors (Lipinski definition) is 3. The molecule has 0 spiro atoms. The van der Waals surface area contributed by atoms with E-state index in [1.807, 2.05) is 13.8 Å². The lowest BCUT2D eigenvalue weighted by atomic mass is 10.0. The van der Waals surface area contributed by atoms with E-state index < -0.39 is 17.7 Å². The highest BCUT2D eigenvalue weighted by molar-refractivity contribution is 5.22. The maximum Gasteiger partial charge on any atom is 0.131 e. The van der Waals surface area contributed by atoms with Gasteiger partial charge in [-0.25, -0.2) is 8.78 Å². The number of hydrogen-bond acceptors (Lipinski definition) is 3. The molecule has 3 atom stereocenters. The van der Waals surface area contributed by atoms with Crippen LogP contribution in [0.3, 0.4) is 0 Å². The minimum Gasteiger partial charge on any atom is -0.396 e. The molecule has 3 unspecified atom stereocenters. The molecule has 18 heavy (non-hydrogen) atoms. The highest BCUT2D eigenvalue weighted by Crippen LogP contribution is 2.20. The van der Waals surface area contributed by atoms with Crippen molar-refractivity contribution in [3.8, 4) is 0 Å². The zero-order valence-electron chi connectivity index (χ0n) is 10.5. The van der Waals surface area contributed by atoms with Gasteiger partial charge in [-0.15, -0.1) is 0 Å². The van der Waals surface area contributed by atoms with E-state index in [1.54, 1.807) is 0 Å². The molecule has 0 aliphatic carbocycles. The van der Waals surface area contributed by atoms with Gasteiger partial charge < -0.3 is 15.5 Å². The second kappa shape index (κ2) is 6.78. The van der Waals surface area contributed by atoms with Crippen LogP contribution in [0.1, 0.15) is 25.5 Å². The van der Waals surface area contributed by atoms with Crippen molar-refractivity contribution < 1.29 is 19.0 Å². The van der Waals surface area contributed by atoms with Crippen molar-refractivity contribution in [1.82, 2.24) is 5.32 Å². The van der Waals surface area contributed by atoms with Crippen LogP contribution in [0.4, 0.5) is 8.78 Å². The molecule has 1 rings (SSSR count). The van der Waals surface area contributed by atoms with Gasteiger partial charge in [0.25, 0.3) is 0 Å². The van der Waals surface area contributed by atoms with Crippen molar-refractivity contribution >= 4 is 0 Å². The number of aliphatic hydroxyl groups excluding tert-OH is 2. The molecule has 0 bridgehead atoms. The molecule has 0 aliphatic rings. The third kappa shape index (κ3) is 3.73. The number of aliphatic hydroxyl groups is 2. The van der Waals surface area contributed by atoms with E-state index in [4.69, 9.17) is 5.11 Å². The first kappa shape index (κ1) is 15.0. The quantitative estimate of drug-likeness (QED) is 0.727. The molecule has 1 aromatic carbocycles.